The third-order valence-electron chi connectivity index (χ3n) is 3.90. The van der Waals surface area contributed by atoms with E-state index in [9.17, 15) is 9.59 Å². The van der Waals surface area contributed by atoms with Crippen LogP contribution in [0.2, 0.25) is 0 Å². The summed E-state index contributed by atoms with van der Waals surface area (Å²) in [4.78, 5) is 24.0. The van der Waals surface area contributed by atoms with Crippen LogP contribution in [0.3, 0.4) is 0 Å². The lowest BCUT2D eigenvalue weighted by molar-refractivity contribution is -0.117. The third-order valence-corrected chi connectivity index (χ3v) is 5.92. The van der Waals surface area contributed by atoms with Crippen molar-refractivity contribution < 1.29 is 9.59 Å². The van der Waals surface area contributed by atoms with Crippen molar-refractivity contribution in [1.82, 2.24) is 15.5 Å². The quantitative estimate of drug-likeness (QED) is 0.489. The molecule has 0 aliphatic heterocycles. The number of nitrogens with one attached hydrogen (secondary N) is 3. The molecule has 3 amide bonds. The predicted octanol–water partition coefficient (Wildman–Crippen LogP) is 4.21. The number of rotatable bonds is 7. The van der Waals surface area contributed by atoms with Crippen LogP contribution in [0.25, 0.3) is 0 Å². The summed E-state index contributed by atoms with van der Waals surface area (Å²) < 4.78 is 0.658. The van der Waals surface area contributed by atoms with Crippen LogP contribution in [0.5, 0.6) is 0 Å². The Bertz CT molecular complexity index is 992. The summed E-state index contributed by atoms with van der Waals surface area (Å²) in [5.74, 6) is -0.320. The summed E-state index contributed by atoms with van der Waals surface area (Å²) in [6.07, 6.45) is 0. The number of amides is 3. The maximum atomic E-state index is 12.0. The molecule has 7 nitrogen and oxygen atoms in total. The van der Waals surface area contributed by atoms with E-state index in [4.69, 9.17) is 0 Å². The van der Waals surface area contributed by atoms with Crippen molar-refractivity contribution >= 4 is 45.9 Å². The molecule has 3 rings (SSSR count). The molecule has 0 aliphatic rings. The van der Waals surface area contributed by atoms with Crippen LogP contribution < -0.4 is 16.0 Å². The number of aryl methyl sites for hydroxylation is 2. The number of hydrogen-bond acceptors (Lipinski definition) is 7. The first kappa shape index (κ1) is 20.8. The van der Waals surface area contributed by atoms with Gasteiger partial charge in [-0.1, -0.05) is 71.1 Å². The number of anilines is 2. The molecule has 1 heterocycles. The lowest BCUT2D eigenvalue weighted by Gasteiger charge is -2.09. The van der Waals surface area contributed by atoms with Gasteiger partial charge in [-0.25, -0.2) is 4.79 Å². The molecular formula is C20H21N5O2S2. The molecule has 3 aromatic rings. The minimum atomic E-state index is -0.551. The number of carbonyl (C=O) groups is 2. The van der Waals surface area contributed by atoms with Gasteiger partial charge in [-0.3, -0.25) is 10.1 Å². The zero-order valence-electron chi connectivity index (χ0n) is 16.1. The van der Waals surface area contributed by atoms with Gasteiger partial charge in [0, 0.05) is 12.2 Å². The summed E-state index contributed by atoms with van der Waals surface area (Å²) in [5.41, 5.74) is 3.86. The SMILES string of the molecule is Cc1ccc(NC(=O)NC(=O)CSc2nnc(NCc3ccccc3)s2)c(C)c1. The molecular weight excluding hydrogens is 406 g/mol. The van der Waals surface area contributed by atoms with Crippen LogP contribution in [-0.4, -0.2) is 27.9 Å². The average Bonchev–Trinajstić information content (AvgIpc) is 3.16. The first-order valence-electron chi connectivity index (χ1n) is 8.92. The molecule has 29 heavy (non-hydrogen) atoms. The van der Waals surface area contributed by atoms with Crippen molar-refractivity contribution in [3.8, 4) is 0 Å². The van der Waals surface area contributed by atoms with Gasteiger partial charge in [0.2, 0.25) is 11.0 Å². The minimum absolute atomic E-state index is 0.0770. The van der Waals surface area contributed by atoms with Crippen LogP contribution in [0, 0.1) is 13.8 Å². The third kappa shape index (κ3) is 6.58. The molecule has 0 radical (unpaired) electrons. The Morgan fingerprint density at radius 3 is 2.62 bits per heavy atom. The van der Waals surface area contributed by atoms with Crippen LogP contribution >= 0.6 is 23.1 Å². The van der Waals surface area contributed by atoms with E-state index in [-0.39, 0.29) is 5.75 Å². The highest BCUT2D eigenvalue weighted by Gasteiger charge is 2.12. The van der Waals surface area contributed by atoms with E-state index >= 15 is 0 Å². The van der Waals surface area contributed by atoms with Gasteiger partial charge >= 0.3 is 6.03 Å². The number of urea groups is 1. The van der Waals surface area contributed by atoms with E-state index in [1.807, 2.05) is 62.4 Å². The Balaban J connectivity index is 1.42. The Morgan fingerprint density at radius 1 is 1.07 bits per heavy atom. The molecule has 2 aromatic carbocycles. The molecule has 150 valence electrons. The highest BCUT2D eigenvalue weighted by atomic mass is 32.2. The van der Waals surface area contributed by atoms with Crippen LogP contribution in [-0.2, 0) is 11.3 Å². The molecule has 3 N–H and O–H groups in total. The van der Waals surface area contributed by atoms with Crippen LogP contribution in [0.4, 0.5) is 15.6 Å². The van der Waals surface area contributed by atoms with E-state index in [1.54, 1.807) is 0 Å². The minimum Gasteiger partial charge on any atom is -0.356 e. The summed E-state index contributed by atoms with van der Waals surface area (Å²) in [6, 6.07) is 15.1. The molecule has 0 atom stereocenters. The zero-order valence-corrected chi connectivity index (χ0v) is 17.7. The van der Waals surface area contributed by atoms with Crippen molar-refractivity contribution in [2.45, 2.75) is 24.7 Å². The van der Waals surface area contributed by atoms with Gasteiger partial charge in [-0.15, -0.1) is 10.2 Å². The number of benzene rings is 2. The number of thioether (sulfide) groups is 1. The fourth-order valence-corrected chi connectivity index (χ4v) is 4.06. The number of hydrogen-bond donors (Lipinski definition) is 3. The van der Waals surface area contributed by atoms with Gasteiger partial charge < -0.3 is 10.6 Å². The van der Waals surface area contributed by atoms with Crippen molar-refractivity contribution in [1.29, 1.82) is 0 Å². The van der Waals surface area contributed by atoms with E-state index in [0.717, 1.165) is 16.7 Å². The molecule has 0 aliphatic carbocycles. The Labute approximate surface area is 177 Å². The van der Waals surface area contributed by atoms with Gasteiger partial charge in [0.15, 0.2) is 4.34 Å². The monoisotopic (exact) mass is 427 g/mol. The van der Waals surface area contributed by atoms with Crippen molar-refractivity contribution in [2.24, 2.45) is 0 Å². The van der Waals surface area contributed by atoms with E-state index in [0.29, 0.717) is 21.7 Å². The highest BCUT2D eigenvalue weighted by Crippen LogP contribution is 2.25. The van der Waals surface area contributed by atoms with Crippen molar-refractivity contribution in [3.05, 3.63) is 65.2 Å². The van der Waals surface area contributed by atoms with Gasteiger partial charge in [0.25, 0.3) is 0 Å². The van der Waals surface area contributed by atoms with E-state index in [1.165, 1.54) is 23.1 Å². The van der Waals surface area contributed by atoms with Crippen LogP contribution in [0.15, 0.2) is 52.9 Å². The maximum absolute atomic E-state index is 12.0. The zero-order chi connectivity index (χ0) is 20.6. The van der Waals surface area contributed by atoms with Crippen LogP contribution in [0.1, 0.15) is 16.7 Å². The molecule has 0 spiro atoms. The largest absolute Gasteiger partial charge is 0.356 e. The van der Waals surface area contributed by atoms with E-state index in [2.05, 4.69) is 26.1 Å². The molecule has 0 saturated carbocycles. The Kier molecular flexibility index (Phi) is 7.20. The summed E-state index contributed by atoms with van der Waals surface area (Å²) in [5, 5.41) is 17.0. The second-order valence-electron chi connectivity index (χ2n) is 6.32. The van der Waals surface area contributed by atoms with Crippen molar-refractivity contribution in [3.63, 3.8) is 0 Å². The number of nitrogens with zero attached hydrogens (tertiary/aromatic N) is 2. The van der Waals surface area contributed by atoms with Gasteiger partial charge in [-0.2, -0.15) is 0 Å². The topological polar surface area (TPSA) is 96.0 Å². The lowest BCUT2D eigenvalue weighted by Crippen LogP contribution is -2.35. The number of imide groups is 1. The molecule has 0 saturated heterocycles. The highest BCUT2D eigenvalue weighted by molar-refractivity contribution is 8.01. The number of carbonyl (C=O) groups excluding carboxylic acids is 2. The molecule has 0 bridgehead atoms. The van der Waals surface area contributed by atoms with Gasteiger partial charge in [0.05, 0.1) is 5.75 Å². The number of aromatic nitrogens is 2. The van der Waals surface area contributed by atoms with Crippen molar-refractivity contribution in [2.75, 3.05) is 16.4 Å². The smallest absolute Gasteiger partial charge is 0.325 e. The molecule has 9 heteroatoms. The first-order valence-corrected chi connectivity index (χ1v) is 10.7. The Morgan fingerprint density at radius 2 is 1.86 bits per heavy atom. The lowest BCUT2D eigenvalue weighted by atomic mass is 10.1. The maximum Gasteiger partial charge on any atom is 0.325 e. The Hall–Kier alpha value is -2.91. The standard InChI is InChI=1S/C20H21N5O2S2/c1-13-8-9-16(14(2)10-13)22-18(27)23-17(26)12-28-20-25-24-19(29-20)21-11-15-6-4-3-5-7-15/h3-10H,11-12H2,1-2H3,(H,21,24)(H2,22,23,26,27). The molecule has 1 aromatic heterocycles. The predicted molar refractivity (Wildman–Crippen MR) is 117 cm³/mol. The summed E-state index contributed by atoms with van der Waals surface area (Å²) >= 11 is 2.61. The van der Waals surface area contributed by atoms with Gasteiger partial charge in [-0.05, 0) is 31.0 Å². The van der Waals surface area contributed by atoms with E-state index < -0.39 is 11.9 Å². The first-order chi connectivity index (χ1) is 14.0. The molecule has 0 unspecified atom stereocenters. The summed E-state index contributed by atoms with van der Waals surface area (Å²) in [7, 11) is 0. The fourth-order valence-electron chi connectivity index (χ4n) is 2.51. The second kappa shape index (κ2) is 10.0. The van der Waals surface area contributed by atoms with Gasteiger partial charge in [0.1, 0.15) is 0 Å². The second-order valence-corrected chi connectivity index (χ2v) is 8.52. The summed E-state index contributed by atoms with van der Waals surface area (Å²) in [6.45, 7) is 4.53. The molecule has 0 fully saturated rings. The average molecular weight is 428 g/mol. The fraction of sp³-hybridized carbons (Fsp3) is 0.200. The normalized spacial score (nSPS) is 10.4.